The Hall–Kier alpha value is -3.39. The van der Waals surface area contributed by atoms with Crippen molar-refractivity contribution in [1.82, 2.24) is 19.7 Å². The minimum absolute atomic E-state index is 0.0265. The van der Waals surface area contributed by atoms with Crippen molar-refractivity contribution in [3.05, 3.63) is 53.9 Å². The van der Waals surface area contributed by atoms with Crippen molar-refractivity contribution < 1.29 is 9.90 Å². The van der Waals surface area contributed by atoms with Gasteiger partial charge in [0, 0.05) is 11.8 Å². The summed E-state index contributed by atoms with van der Waals surface area (Å²) in [6, 6.07) is 10.8. The molecule has 0 bridgehead atoms. The number of fused-ring (bicyclic) bond motifs is 1. The highest BCUT2D eigenvalue weighted by atomic mass is 16.3. The number of amides is 1. The lowest BCUT2D eigenvalue weighted by atomic mass is 10.1. The van der Waals surface area contributed by atoms with Gasteiger partial charge in [-0.3, -0.25) is 4.79 Å². The number of aliphatic hydroxyl groups is 1. The fraction of sp³-hybridized carbons (Fsp3) is 0.167. The lowest BCUT2D eigenvalue weighted by molar-refractivity contribution is 0.101. The zero-order valence-electron chi connectivity index (χ0n) is 14.0. The van der Waals surface area contributed by atoms with Gasteiger partial charge in [0.1, 0.15) is 17.8 Å². The van der Waals surface area contributed by atoms with Crippen molar-refractivity contribution in [3.8, 4) is 11.5 Å². The molecule has 8 heteroatoms. The molecule has 1 aliphatic heterocycles. The summed E-state index contributed by atoms with van der Waals surface area (Å²) >= 11 is 0. The number of benzene rings is 1. The molecule has 2 N–H and O–H groups in total. The van der Waals surface area contributed by atoms with Gasteiger partial charge in [-0.05, 0) is 25.1 Å². The smallest absolute Gasteiger partial charge is 0.279 e. The first-order valence-corrected chi connectivity index (χ1v) is 8.13. The lowest BCUT2D eigenvalue weighted by Crippen LogP contribution is -2.10. The van der Waals surface area contributed by atoms with Crippen LogP contribution in [0, 0.1) is 0 Å². The Labute approximate surface area is 149 Å². The van der Waals surface area contributed by atoms with E-state index in [2.05, 4.69) is 25.5 Å². The van der Waals surface area contributed by atoms with Crippen molar-refractivity contribution in [2.75, 3.05) is 11.9 Å². The van der Waals surface area contributed by atoms with Crippen molar-refractivity contribution in [1.29, 1.82) is 0 Å². The van der Waals surface area contributed by atoms with Crippen LogP contribution in [0.1, 0.15) is 28.9 Å². The van der Waals surface area contributed by atoms with Crippen LogP contribution >= 0.6 is 0 Å². The molecular formula is C18H16N6O2. The van der Waals surface area contributed by atoms with Crippen molar-refractivity contribution in [3.63, 3.8) is 0 Å². The maximum Gasteiger partial charge on any atom is 0.279 e. The largest absolute Gasteiger partial charge is 0.394 e. The zero-order chi connectivity index (χ0) is 18.1. The number of nitrogens with one attached hydrogen (secondary N) is 1. The molecule has 1 aliphatic rings. The summed E-state index contributed by atoms with van der Waals surface area (Å²) in [6.07, 6.45) is 3.13. The molecular weight excluding hydrogens is 332 g/mol. The SMILES string of the molecule is C[C@H](CO)n1cnnc1-c1cccc(Nc2cccc3c2C(=O)N=C3)n1. The van der Waals surface area contributed by atoms with Gasteiger partial charge in [0.25, 0.3) is 5.91 Å². The van der Waals surface area contributed by atoms with Crippen LogP contribution in [0.4, 0.5) is 11.5 Å². The number of carbonyl (C=O) groups excluding carboxylic acids is 1. The monoisotopic (exact) mass is 348 g/mol. The van der Waals surface area contributed by atoms with E-state index in [-0.39, 0.29) is 18.6 Å². The molecule has 0 unspecified atom stereocenters. The second kappa shape index (κ2) is 6.49. The van der Waals surface area contributed by atoms with E-state index in [1.807, 2.05) is 37.3 Å². The van der Waals surface area contributed by atoms with Crippen LogP contribution in [0.3, 0.4) is 0 Å². The molecule has 0 saturated carbocycles. The number of aliphatic imine (C=N–C) groups is 1. The van der Waals surface area contributed by atoms with Gasteiger partial charge < -0.3 is 15.0 Å². The Morgan fingerprint density at radius 2 is 2.08 bits per heavy atom. The second-order valence-corrected chi connectivity index (χ2v) is 5.96. The predicted octanol–water partition coefficient (Wildman–Crippen LogP) is 2.21. The highest BCUT2D eigenvalue weighted by molar-refractivity contribution is 6.16. The predicted molar refractivity (Wildman–Crippen MR) is 96.7 cm³/mol. The number of aliphatic hydroxyl groups excluding tert-OH is 1. The van der Waals surface area contributed by atoms with Crippen molar-refractivity contribution in [2.45, 2.75) is 13.0 Å². The number of hydrogen-bond donors (Lipinski definition) is 2. The van der Waals surface area contributed by atoms with Crippen molar-refractivity contribution >= 4 is 23.6 Å². The standard InChI is InChI=1S/C18H16N6O2/c1-11(9-25)24-10-20-23-17(24)14-6-3-7-15(22-14)21-13-5-2-4-12-8-19-18(26)16(12)13/h2-8,10-11,25H,9H2,1H3,(H,21,22)/t11-/m1/s1. The molecule has 4 rings (SSSR count). The number of anilines is 2. The summed E-state index contributed by atoms with van der Waals surface area (Å²) in [5.41, 5.74) is 2.59. The van der Waals surface area contributed by atoms with E-state index < -0.39 is 0 Å². The van der Waals surface area contributed by atoms with Gasteiger partial charge in [0.2, 0.25) is 0 Å². The quantitative estimate of drug-likeness (QED) is 0.732. The van der Waals surface area contributed by atoms with E-state index in [9.17, 15) is 9.90 Å². The zero-order valence-corrected chi connectivity index (χ0v) is 14.0. The number of rotatable bonds is 5. The molecule has 26 heavy (non-hydrogen) atoms. The van der Waals surface area contributed by atoms with Gasteiger partial charge in [0.05, 0.1) is 23.9 Å². The van der Waals surface area contributed by atoms with Gasteiger partial charge in [-0.25, -0.2) is 9.98 Å². The Balaban J connectivity index is 1.68. The summed E-state index contributed by atoms with van der Waals surface area (Å²) in [5.74, 6) is 0.866. The van der Waals surface area contributed by atoms with E-state index in [0.717, 1.165) is 5.56 Å². The third-order valence-corrected chi connectivity index (χ3v) is 4.18. The summed E-state index contributed by atoms with van der Waals surface area (Å²) in [4.78, 5) is 20.4. The van der Waals surface area contributed by atoms with Gasteiger partial charge in [-0.2, -0.15) is 0 Å². The molecule has 8 nitrogen and oxygen atoms in total. The molecule has 0 aliphatic carbocycles. The van der Waals surface area contributed by atoms with Gasteiger partial charge in [-0.15, -0.1) is 10.2 Å². The molecule has 1 atom stereocenters. The summed E-state index contributed by atoms with van der Waals surface area (Å²) < 4.78 is 1.77. The molecule has 0 fully saturated rings. The van der Waals surface area contributed by atoms with Crippen LogP contribution in [0.2, 0.25) is 0 Å². The molecule has 1 aromatic carbocycles. The van der Waals surface area contributed by atoms with Gasteiger partial charge in [-0.1, -0.05) is 18.2 Å². The fourth-order valence-electron chi connectivity index (χ4n) is 2.82. The highest BCUT2D eigenvalue weighted by Crippen LogP contribution is 2.27. The van der Waals surface area contributed by atoms with E-state index in [4.69, 9.17) is 0 Å². The van der Waals surface area contributed by atoms with E-state index in [1.54, 1.807) is 23.2 Å². The maximum absolute atomic E-state index is 12.0. The molecule has 0 spiro atoms. The maximum atomic E-state index is 12.0. The highest BCUT2D eigenvalue weighted by Gasteiger charge is 2.20. The molecule has 0 radical (unpaired) electrons. The van der Waals surface area contributed by atoms with Crippen LogP contribution in [0.5, 0.6) is 0 Å². The van der Waals surface area contributed by atoms with Crippen LogP contribution in [0.25, 0.3) is 11.5 Å². The molecule has 3 aromatic rings. The summed E-state index contributed by atoms with van der Waals surface area (Å²) in [6.45, 7) is 1.84. The van der Waals surface area contributed by atoms with E-state index in [0.29, 0.717) is 28.6 Å². The number of nitrogens with zero attached hydrogens (tertiary/aromatic N) is 5. The number of hydrogen-bond acceptors (Lipinski definition) is 6. The molecule has 130 valence electrons. The van der Waals surface area contributed by atoms with Gasteiger partial charge in [0.15, 0.2) is 5.82 Å². The fourth-order valence-corrected chi connectivity index (χ4v) is 2.82. The van der Waals surface area contributed by atoms with E-state index in [1.165, 1.54) is 0 Å². The Morgan fingerprint density at radius 1 is 1.23 bits per heavy atom. The third-order valence-electron chi connectivity index (χ3n) is 4.18. The van der Waals surface area contributed by atoms with Gasteiger partial charge >= 0.3 is 0 Å². The topological polar surface area (TPSA) is 105 Å². The lowest BCUT2D eigenvalue weighted by Gasteiger charge is -2.13. The number of aromatic nitrogens is 4. The van der Waals surface area contributed by atoms with Crippen molar-refractivity contribution in [2.24, 2.45) is 4.99 Å². The van der Waals surface area contributed by atoms with Crippen LogP contribution in [-0.2, 0) is 0 Å². The molecule has 3 heterocycles. The first kappa shape index (κ1) is 16.1. The minimum Gasteiger partial charge on any atom is -0.394 e. The Kier molecular flexibility index (Phi) is 4.02. The third kappa shape index (κ3) is 2.76. The Morgan fingerprint density at radius 3 is 2.92 bits per heavy atom. The molecule has 0 saturated heterocycles. The van der Waals surface area contributed by atoms with Crippen LogP contribution < -0.4 is 5.32 Å². The normalized spacial score (nSPS) is 13.7. The molecule has 1 amide bonds. The first-order chi connectivity index (χ1) is 12.7. The average Bonchev–Trinajstić information content (AvgIpc) is 3.29. The van der Waals surface area contributed by atoms with Crippen LogP contribution in [-0.4, -0.2) is 43.6 Å². The molecule has 2 aromatic heterocycles. The number of carbonyl (C=O) groups is 1. The summed E-state index contributed by atoms with van der Waals surface area (Å²) in [7, 11) is 0. The Bertz CT molecular complexity index is 1010. The second-order valence-electron chi connectivity index (χ2n) is 5.96. The number of pyridine rings is 1. The average molecular weight is 348 g/mol. The van der Waals surface area contributed by atoms with E-state index >= 15 is 0 Å². The van der Waals surface area contributed by atoms with Crippen LogP contribution in [0.15, 0.2) is 47.7 Å². The first-order valence-electron chi connectivity index (χ1n) is 8.13. The minimum atomic E-state index is -0.268. The summed E-state index contributed by atoms with van der Waals surface area (Å²) in [5, 5.41) is 20.6.